The first kappa shape index (κ1) is 9.23. The molecule has 0 aromatic rings. The Hall–Kier alpha value is 0.230. The van der Waals surface area contributed by atoms with Gasteiger partial charge in [0.05, 0.1) is 19.8 Å². The maximum absolute atomic E-state index is 8.27. The Labute approximate surface area is 60.6 Å². The molecule has 0 rings (SSSR count). The number of hydrogen-bond acceptors (Lipinski definition) is 4. The normalized spacial score (nSPS) is 13.7. The maximum Gasteiger partial charge on any atom is 0.0698 e. The predicted octanol–water partition coefficient (Wildman–Crippen LogP) is -0.748. The van der Waals surface area contributed by atoms with Gasteiger partial charge in [0.15, 0.2) is 0 Å². The molecule has 1 unspecified atom stereocenters. The van der Waals surface area contributed by atoms with Crippen LogP contribution < -0.4 is 5.73 Å². The van der Waals surface area contributed by atoms with E-state index < -0.39 is 0 Å². The zero-order chi connectivity index (χ0) is 7.11. The monoisotopic (exact) mass is 151 g/mol. The highest BCUT2D eigenvalue weighted by molar-refractivity contribution is 7.80. The number of aliphatic hydroxyl groups excluding tert-OH is 1. The summed E-state index contributed by atoms with van der Waals surface area (Å²) in [5.74, 6) is 0.616. The van der Waals surface area contributed by atoms with Crippen LogP contribution in [-0.2, 0) is 4.74 Å². The van der Waals surface area contributed by atoms with E-state index in [0.29, 0.717) is 19.0 Å². The molecule has 0 saturated heterocycles. The van der Waals surface area contributed by atoms with Gasteiger partial charge in [-0.2, -0.15) is 12.6 Å². The summed E-state index contributed by atoms with van der Waals surface area (Å²) >= 11 is 3.95. The van der Waals surface area contributed by atoms with Gasteiger partial charge in [-0.15, -0.1) is 0 Å². The second kappa shape index (κ2) is 6.35. The Morgan fingerprint density at radius 3 is 2.78 bits per heavy atom. The molecule has 3 N–H and O–H groups in total. The summed E-state index contributed by atoms with van der Waals surface area (Å²) in [6.45, 7) is 0.894. The first-order chi connectivity index (χ1) is 4.31. The van der Waals surface area contributed by atoms with Crippen molar-refractivity contribution in [1.29, 1.82) is 0 Å². The van der Waals surface area contributed by atoms with Crippen LogP contribution in [0.25, 0.3) is 0 Å². The summed E-state index contributed by atoms with van der Waals surface area (Å²) in [6, 6.07) is -0.0140. The first-order valence-corrected chi connectivity index (χ1v) is 3.49. The van der Waals surface area contributed by atoms with Crippen LogP contribution in [0.3, 0.4) is 0 Å². The summed E-state index contributed by atoms with van der Waals surface area (Å²) in [5, 5.41) is 8.27. The Bertz CT molecular complexity index is 62.9. The van der Waals surface area contributed by atoms with Crippen LogP contribution in [0.5, 0.6) is 0 Å². The zero-order valence-electron chi connectivity index (χ0n) is 5.29. The molecule has 0 amide bonds. The third-order valence-electron chi connectivity index (χ3n) is 0.802. The molecule has 0 radical (unpaired) electrons. The molecule has 0 aliphatic carbocycles. The van der Waals surface area contributed by atoms with Crippen molar-refractivity contribution in [3.05, 3.63) is 0 Å². The van der Waals surface area contributed by atoms with Crippen molar-refractivity contribution in [2.24, 2.45) is 5.73 Å². The molecule has 4 heteroatoms. The van der Waals surface area contributed by atoms with Crippen molar-refractivity contribution in [2.45, 2.75) is 6.04 Å². The summed E-state index contributed by atoms with van der Waals surface area (Å²) in [4.78, 5) is 0. The molecule has 0 bridgehead atoms. The lowest BCUT2D eigenvalue weighted by Gasteiger charge is -2.06. The highest BCUT2D eigenvalue weighted by atomic mass is 32.1. The summed E-state index contributed by atoms with van der Waals surface area (Å²) in [5.41, 5.74) is 5.43. The van der Waals surface area contributed by atoms with Gasteiger partial charge in [0.2, 0.25) is 0 Å². The minimum Gasteiger partial charge on any atom is -0.394 e. The van der Waals surface area contributed by atoms with E-state index in [1.165, 1.54) is 0 Å². The number of hydrogen-bond donors (Lipinski definition) is 3. The molecule has 3 nitrogen and oxygen atoms in total. The van der Waals surface area contributed by atoms with E-state index in [2.05, 4.69) is 12.6 Å². The van der Waals surface area contributed by atoms with E-state index in [1.807, 2.05) is 0 Å². The first-order valence-electron chi connectivity index (χ1n) is 2.86. The molecule has 1 atom stereocenters. The van der Waals surface area contributed by atoms with E-state index in [9.17, 15) is 0 Å². The van der Waals surface area contributed by atoms with E-state index in [-0.39, 0.29) is 12.6 Å². The lowest BCUT2D eigenvalue weighted by molar-refractivity contribution is 0.0864. The molecule has 0 heterocycles. The molecule has 0 spiro atoms. The average molecular weight is 151 g/mol. The van der Waals surface area contributed by atoms with Crippen LogP contribution in [0.2, 0.25) is 0 Å². The Morgan fingerprint density at radius 1 is 1.67 bits per heavy atom. The largest absolute Gasteiger partial charge is 0.394 e. The van der Waals surface area contributed by atoms with Gasteiger partial charge in [0.1, 0.15) is 0 Å². The Morgan fingerprint density at radius 2 is 2.33 bits per heavy atom. The highest BCUT2D eigenvalue weighted by Gasteiger charge is 1.96. The fourth-order valence-corrected chi connectivity index (χ4v) is 0.457. The fourth-order valence-electron chi connectivity index (χ4n) is 0.352. The van der Waals surface area contributed by atoms with Crippen molar-refractivity contribution >= 4 is 12.6 Å². The maximum atomic E-state index is 8.27. The molecular formula is C5H13NO2S. The number of aliphatic hydroxyl groups is 1. The van der Waals surface area contributed by atoms with Crippen LogP contribution in [0.15, 0.2) is 0 Å². The lowest BCUT2D eigenvalue weighted by Crippen LogP contribution is -2.28. The molecule has 0 saturated carbocycles. The summed E-state index contributed by atoms with van der Waals surface area (Å²) in [6.07, 6.45) is 0. The Kier molecular flexibility index (Phi) is 6.51. The van der Waals surface area contributed by atoms with Crippen LogP contribution >= 0.6 is 12.6 Å². The molecule has 0 aliphatic heterocycles. The fraction of sp³-hybridized carbons (Fsp3) is 1.00. The minimum atomic E-state index is -0.0140. The molecule has 0 aromatic carbocycles. The zero-order valence-corrected chi connectivity index (χ0v) is 6.18. The molecule has 9 heavy (non-hydrogen) atoms. The third-order valence-corrected chi connectivity index (χ3v) is 1.27. The van der Waals surface area contributed by atoms with Gasteiger partial charge in [0, 0.05) is 11.8 Å². The quantitative estimate of drug-likeness (QED) is 0.358. The summed E-state index contributed by atoms with van der Waals surface area (Å²) < 4.78 is 4.91. The lowest BCUT2D eigenvalue weighted by atomic mass is 10.4. The SMILES string of the molecule is NC(CS)COCCO. The molecular weight excluding hydrogens is 138 g/mol. The summed E-state index contributed by atoms with van der Waals surface area (Å²) in [7, 11) is 0. The number of ether oxygens (including phenoxy) is 1. The van der Waals surface area contributed by atoms with Crippen LogP contribution in [0.4, 0.5) is 0 Å². The third kappa shape index (κ3) is 6.11. The number of rotatable bonds is 5. The predicted molar refractivity (Wildman–Crippen MR) is 39.7 cm³/mol. The smallest absolute Gasteiger partial charge is 0.0698 e. The standard InChI is InChI=1S/C5H13NO2S/c6-5(4-9)3-8-2-1-7/h5,7,9H,1-4,6H2. The van der Waals surface area contributed by atoms with Gasteiger partial charge < -0.3 is 15.6 Å². The molecule has 0 fully saturated rings. The van der Waals surface area contributed by atoms with Crippen molar-refractivity contribution in [3.8, 4) is 0 Å². The van der Waals surface area contributed by atoms with Crippen molar-refractivity contribution in [1.82, 2.24) is 0 Å². The van der Waals surface area contributed by atoms with Crippen LogP contribution in [0.1, 0.15) is 0 Å². The van der Waals surface area contributed by atoms with Crippen molar-refractivity contribution in [2.75, 3.05) is 25.6 Å². The van der Waals surface area contributed by atoms with Gasteiger partial charge in [-0.25, -0.2) is 0 Å². The van der Waals surface area contributed by atoms with Gasteiger partial charge in [-0.1, -0.05) is 0 Å². The topological polar surface area (TPSA) is 55.5 Å². The highest BCUT2D eigenvalue weighted by Crippen LogP contribution is 1.83. The van der Waals surface area contributed by atoms with Crippen molar-refractivity contribution < 1.29 is 9.84 Å². The van der Waals surface area contributed by atoms with Gasteiger partial charge in [-0.3, -0.25) is 0 Å². The average Bonchev–Trinajstić information content (AvgIpc) is 1.89. The Balaban J connectivity index is 2.88. The minimum absolute atomic E-state index is 0.0140. The molecule has 56 valence electrons. The van der Waals surface area contributed by atoms with Gasteiger partial charge in [-0.05, 0) is 0 Å². The number of nitrogens with two attached hydrogens (primary N) is 1. The van der Waals surface area contributed by atoms with E-state index in [1.54, 1.807) is 0 Å². The van der Waals surface area contributed by atoms with Crippen molar-refractivity contribution in [3.63, 3.8) is 0 Å². The van der Waals surface area contributed by atoms with E-state index in [4.69, 9.17) is 15.6 Å². The second-order valence-electron chi connectivity index (χ2n) is 1.74. The van der Waals surface area contributed by atoms with Gasteiger partial charge in [0.25, 0.3) is 0 Å². The van der Waals surface area contributed by atoms with E-state index in [0.717, 1.165) is 0 Å². The molecule has 0 aromatic heterocycles. The molecule has 0 aliphatic rings. The number of thiol groups is 1. The van der Waals surface area contributed by atoms with Gasteiger partial charge >= 0.3 is 0 Å². The van der Waals surface area contributed by atoms with E-state index >= 15 is 0 Å². The van der Waals surface area contributed by atoms with Crippen LogP contribution in [0, 0.1) is 0 Å². The van der Waals surface area contributed by atoms with Crippen LogP contribution in [-0.4, -0.2) is 36.7 Å². The second-order valence-corrected chi connectivity index (χ2v) is 2.11.